The van der Waals surface area contributed by atoms with Gasteiger partial charge in [-0.15, -0.1) is 0 Å². The van der Waals surface area contributed by atoms with E-state index in [9.17, 15) is 9.59 Å². The summed E-state index contributed by atoms with van der Waals surface area (Å²) in [7, 11) is 0. The summed E-state index contributed by atoms with van der Waals surface area (Å²) >= 11 is 3.44. The van der Waals surface area contributed by atoms with Crippen LogP contribution in [-0.2, 0) is 0 Å². The Hall–Kier alpha value is -1.62. The molecule has 2 rings (SSSR count). The molecule has 0 amide bonds. The molecule has 4 nitrogen and oxygen atoms in total. The first-order valence-electron chi connectivity index (χ1n) is 8.12. The molecule has 0 heterocycles. The minimum atomic E-state index is -0.0761. The van der Waals surface area contributed by atoms with Gasteiger partial charge in [-0.2, -0.15) is 0 Å². The Labute approximate surface area is 145 Å². The monoisotopic (exact) mass is 378 g/mol. The summed E-state index contributed by atoms with van der Waals surface area (Å²) in [6.07, 6.45) is 0. The number of hydrogen-bond donors (Lipinski definition) is 0. The van der Waals surface area contributed by atoms with Crippen molar-refractivity contribution < 1.29 is 4.79 Å². The van der Waals surface area contributed by atoms with Crippen LogP contribution in [0.2, 0.25) is 0 Å². The molecule has 0 bridgehead atoms. The molecule has 0 N–H and O–H groups in total. The molecule has 1 aromatic rings. The number of ketones is 1. The molecule has 1 aliphatic carbocycles. The van der Waals surface area contributed by atoms with E-state index in [1.807, 2.05) is 33.8 Å². The highest BCUT2D eigenvalue weighted by atomic mass is 79.9. The Balaban J connectivity index is 2.70. The lowest BCUT2D eigenvalue weighted by Gasteiger charge is -2.23. The van der Waals surface area contributed by atoms with Crippen LogP contribution in [0.1, 0.15) is 43.6 Å². The van der Waals surface area contributed by atoms with Crippen molar-refractivity contribution in [3.8, 4) is 0 Å². The van der Waals surface area contributed by atoms with Crippen LogP contribution in [0, 0.1) is 0 Å². The van der Waals surface area contributed by atoms with Crippen LogP contribution < -0.4 is 10.3 Å². The summed E-state index contributed by atoms with van der Waals surface area (Å²) in [6, 6.07) is 5.05. The first-order valence-corrected chi connectivity index (χ1v) is 8.91. The van der Waals surface area contributed by atoms with E-state index in [4.69, 9.17) is 0 Å². The number of allylic oxidation sites excluding steroid dienone is 1. The van der Waals surface area contributed by atoms with Crippen molar-refractivity contribution in [3.05, 3.63) is 44.0 Å². The normalized spacial score (nSPS) is 13.3. The zero-order chi connectivity index (χ0) is 17.1. The average Bonchev–Trinajstić information content (AvgIpc) is 2.67. The molecule has 0 aliphatic heterocycles. The predicted molar refractivity (Wildman–Crippen MR) is 99.4 cm³/mol. The minimum absolute atomic E-state index is 0.0501. The Morgan fingerprint density at radius 1 is 0.826 bits per heavy atom. The van der Waals surface area contributed by atoms with Crippen LogP contribution in [0.3, 0.4) is 0 Å². The van der Waals surface area contributed by atoms with Crippen molar-refractivity contribution in [1.29, 1.82) is 0 Å². The number of carbonyl (C=O) groups is 1. The number of anilines is 1. The third-order valence-electron chi connectivity index (χ3n) is 4.27. The summed E-state index contributed by atoms with van der Waals surface area (Å²) < 4.78 is 0.548. The van der Waals surface area contributed by atoms with Gasteiger partial charge in [0.25, 0.3) is 0 Å². The maximum absolute atomic E-state index is 12.7. The Kier molecular flexibility index (Phi) is 5.63. The van der Waals surface area contributed by atoms with Crippen LogP contribution >= 0.6 is 15.9 Å². The highest BCUT2D eigenvalue weighted by Crippen LogP contribution is 2.38. The summed E-state index contributed by atoms with van der Waals surface area (Å²) in [5.41, 5.74) is 2.88. The molecule has 1 aliphatic rings. The van der Waals surface area contributed by atoms with E-state index in [-0.39, 0.29) is 11.2 Å². The van der Waals surface area contributed by atoms with E-state index in [1.54, 1.807) is 12.1 Å². The standard InChI is InChI=1S/C18H23BrN2O2/c1-5-20(6-2)12-9-13(22)11-14-15(10-12)18(23)16(19)17(14)21(7-3)8-4/h9-11H,5-8H2,1-4H3. The van der Waals surface area contributed by atoms with Crippen molar-refractivity contribution in [3.63, 3.8) is 0 Å². The third kappa shape index (κ3) is 3.20. The van der Waals surface area contributed by atoms with Gasteiger partial charge in [0, 0.05) is 49.1 Å². The van der Waals surface area contributed by atoms with E-state index in [0.29, 0.717) is 10.0 Å². The number of fused-ring (bicyclic) bond motifs is 1. The molecule has 5 heteroatoms. The van der Waals surface area contributed by atoms with E-state index < -0.39 is 0 Å². The highest BCUT2D eigenvalue weighted by Gasteiger charge is 2.31. The van der Waals surface area contributed by atoms with Gasteiger partial charge in [0.05, 0.1) is 10.2 Å². The fourth-order valence-corrected chi connectivity index (χ4v) is 3.70. The molecule has 0 saturated carbocycles. The number of hydrogen-bond acceptors (Lipinski definition) is 4. The van der Waals surface area contributed by atoms with Gasteiger partial charge < -0.3 is 9.80 Å². The van der Waals surface area contributed by atoms with E-state index in [2.05, 4.69) is 25.7 Å². The summed E-state index contributed by atoms with van der Waals surface area (Å²) in [4.78, 5) is 29.2. The largest absolute Gasteiger partial charge is 0.372 e. The van der Waals surface area contributed by atoms with Crippen LogP contribution in [0.5, 0.6) is 0 Å². The second-order valence-electron chi connectivity index (χ2n) is 5.42. The fraction of sp³-hybridized carbons (Fsp3) is 0.444. The molecule has 0 atom stereocenters. The molecular weight excluding hydrogens is 356 g/mol. The van der Waals surface area contributed by atoms with Gasteiger partial charge in [-0.05, 0) is 55.8 Å². The maximum Gasteiger partial charge on any atom is 0.202 e. The van der Waals surface area contributed by atoms with Gasteiger partial charge in [0.2, 0.25) is 5.78 Å². The minimum Gasteiger partial charge on any atom is -0.372 e. The zero-order valence-corrected chi connectivity index (χ0v) is 15.7. The van der Waals surface area contributed by atoms with Crippen LogP contribution in [0.15, 0.2) is 27.5 Å². The number of halogens is 1. The second kappa shape index (κ2) is 7.30. The van der Waals surface area contributed by atoms with Crippen molar-refractivity contribution in [1.82, 2.24) is 4.90 Å². The van der Waals surface area contributed by atoms with Gasteiger partial charge >= 0.3 is 0 Å². The molecule has 0 aromatic heterocycles. The van der Waals surface area contributed by atoms with Gasteiger partial charge in [-0.3, -0.25) is 9.59 Å². The topological polar surface area (TPSA) is 40.6 Å². The van der Waals surface area contributed by atoms with Crippen molar-refractivity contribution >= 4 is 33.1 Å². The van der Waals surface area contributed by atoms with Gasteiger partial charge in [0.1, 0.15) is 0 Å². The third-order valence-corrected chi connectivity index (χ3v) is 5.01. The zero-order valence-electron chi connectivity index (χ0n) is 14.1. The van der Waals surface area contributed by atoms with Gasteiger partial charge in [-0.1, -0.05) is 0 Å². The van der Waals surface area contributed by atoms with Gasteiger partial charge in [-0.25, -0.2) is 0 Å². The molecule has 1 aromatic carbocycles. The molecule has 0 fully saturated rings. The van der Waals surface area contributed by atoms with E-state index in [0.717, 1.165) is 43.1 Å². The Morgan fingerprint density at radius 3 is 1.91 bits per heavy atom. The molecular formula is C18H23BrN2O2. The molecule has 0 radical (unpaired) electrons. The number of Topliss-reactive ketones (excluding diaryl/α,β-unsaturated/α-hetero) is 1. The molecule has 0 unspecified atom stereocenters. The lowest BCUT2D eigenvalue weighted by atomic mass is 10.1. The van der Waals surface area contributed by atoms with Crippen molar-refractivity contribution in [2.75, 3.05) is 31.1 Å². The maximum atomic E-state index is 12.7. The van der Waals surface area contributed by atoms with E-state index in [1.165, 1.54) is 0 Å². The van der Waals surface area contributed by atoms with Crippen LogP contribution in [0.25, 0.3) is 5.70 Å². The van der Waals surface area contributed by atoms with Crippen molar-refractivity contribution in [2.45, 2.75) is 27.7 Å². The number of carbonyl (C=O) groups excluding carboxylic acids is 1. The summed E-state index contributed by atoms with van der Waals surface area (Å²) in [5.74, 6) is -0.0501. The molecule has 124 valence electrons. The lowest BCUT2D eigenvalue weighted by molar-refractivity contribution is 0.104. The number of rotatable bonds is 6. The molecule has 23 heavy (non-hydrogen) atoms. The predicted octanol–water partition coefficient (Wildman–Crippen LogP) is 3.49. The number of nitrogens with zero attached hydrogens (tertiary/aromatic N) is 2. The fourth-order valence-electron chi connectivity index (χ4n) is 3.02. The van der Waals surface area contributed by atoms with Crippen LogP contribution in [-0.4, -0.2) is 36.9 Å². The molecule has 0 spiro atoms. The molecule has 0 saturated heterocycles. The van der Waals surface area contributed by atoms with Crippen molar-refractivity contribution in [2.24, 2.45) is 0 Å². The lowest BCUT2D eigenvalue weighted by Crippen LogP contribution is -2.22. The smallest absolute Gasteiger partial charge is 0.202 e. The quantitative estimate of drug-likeness (QED) is 0.759. The van der Waals surface area contributed by atoms with Gasteiger partial charge in [0.15, 0.2) is 5.43 Å². The second-order valence-corrected chi connectivity index (χ2v) is 6.22. The highest BCUT2D eigenvalue weighted by molar-refractivity contribution is 9.12. The first-order chi connectivity index (χ1) is 11.0. The first kappa shape index (κ1) is 17.7. The van der Waals surface area contributed by atoms with E-state index >= 15 is 0 Å². The Bertz CT molecular complexity index is 705. The Morgan fingerprint density at radius 2 is 1.39 bits per heavy atom. The summed E-state index contributed by atoms with van der Waals surface area (Å²) in [5, 5.41) is 0. The van der Waals surface area contributed by atoms with Crippen LogP contribution in [0.4, 0.5) is 5.69 Å². The summed E-state index contributed by atoms with van der Waals surface area (Å²) in [6.45, 7) is 11.3. The average molecular weight is 379 g/mol. The SMILES string of the molecule is CCN(CC)C1=C(Br)C(=O)c2cc(N(CC)CC)cc(=O)cc21.